The van der Waals surface area contributed by atoms with Crippen molar-refractivity contribution in [1.82, 2.24) is 0 Å². The molecule has 0 aliphatic heterocycles. The summed E-state index contributed by atoms with van der Waals surface area (Å²) in [5, 5.41) is 0. The summed E-state index contributed by atoms with van der Waals surface area (Å²) >= 11 is 0. The molecule has 0 fully saturated rings. The Hall–Kier alpha value is -0.920. The Bertz CT molecular complexity index is 279. The maximum Gasteiger partial charge on any atom is 0.126 e. The Labute approximate surface area is 71.2 Å². The van der Waals surface area contributed by atoms with Crippen LogP contribution in [-0.2, 0) is 6.42 Å². The van der Waals surface area contributed by atoms with Gasteiger partial charge in [-0.1, -0.05) is 13.3 Å². The average Bonchev–Trinajstić information content (AvgIpc) is 2.01. The highest BCUT2D eigenvalue weighted by atomic mass is 19.1. The summed E-state index contributed by atoms with van der Waals surface area (Å²) in [7, 11) is 0. The molecule has 0 heterocycles. The summed E-state index contributed by atoms with van der Waals surface area (Å²) in [5.41, 5.74) is 0.841. The molecule has 12 heavy (non-hydrogen) atoms. The van der Waals surface area contributed by atoms with Crippen LogP contribution in [0.5, 0.6) is 0 Å². The lowest BCUT2D eigenvalue weighted by Crippen LogP contribution is -1.93. The first-order valence-electron chi connectivity index (χ1n) is 4.09. The van der Waals surface area contributed by atoms with Crippen molar-refractivity contribution >= 4 is 0 Å². The Kier molecular flexibility index (Phi) is 2.79. The third-order valence-electron chi connectivity index (χ3n) is 1.85. The van der Waals surface area contributed by atoms with Gasteiger partial charge in [0.15, 0.2) is 0 Å². The lowest BCUT2D eigenvalue weighted by atomic mass is 10.1. The van der Waals surface area contributed by atoms with Crippen LogP contribution >= 0.6 is 0 Å². The predicted molar refractivity (Wildman–Crippen MR) is 45.1 cm³/mol. The van der Waals surface area contributed by atoms with Gasteiger partial charge >= 0.3 is 0 Å². The minimum absolute atomic E-state index is 0.296. The molecule has 1 aromatic carbocycles. The fourth-order valence-electron chi connectivity index (χ4n) is 1.15. The molecule has 0 spiro atoms. The van der Waals surface area contributed by atoms with Crippen LogP contribution in [0.15, 0.2) is 12.1 Å². The van der Waals surface area contributed by atoms with E-state index in [9.17, 15) is 8.78 Å². The van der Waals surface area contributed by atoms with Crippen LogP contribution in [0.2, 0.25) is 0 Å². The Balaban J connectivity index is 3.05. The zero-order valence-corrected chi connectivity index (χ0v) is 7.32. The standard InChI is InChI=1S/C10H12F2/c1-3-4-8-6-9(11)7(2)5-10(8)12/h5-6H,3-4H2,1-2H3. The molecule has 0 nitrogen and oxygen atoms in total. The molecule has 0 radical (unpaired) electrons. The molecule has 66 valence electrons. The minimum Gasteiger partial charge on any atom is -0.207 e. The summed E-state index contributed by atoms with van der Waals surface area (Å²) in [4.78, 5) is 0. The number of benzene rings is 1. The number of rotatable bonds is 2. The third kappa shape index (κ3) is 1.81. The summed E-state index contributed by atoms with van der Waals surface area (Å²) < 4.78 is 26.0. The van der Waals surface area contributed by atoms with Crippen LogP contribution in [0, 0.1) is 18.6 Å². The summed E-state index contributed by atoms with van der Waals surface area (Å²) in [5.74, 6) is -0.615. The molecule has 2 heteroatoms. The van der Waals surface area contributed by atoms with E-state index in [0.29, 0.717) is 17.5 Å². The van der Waals surface area contributed by atoms with Gasteiger partial charge in [0.2, 0.25) is 0 Å². The monoisotopic (exact) mass is 170 g/mol. The normalized spacial score (nSPS) is 10.3. The highest BCUT2D eigenvalue weighted by Crippen LogP contribution is 2.15. The Morgan fingerprint density at radius 3 is 2.42 bits per heavy atom. The average molecular weight is 170 g/mol. The highest BCUT2D eigenvalue weighted by Gasteiger charge is 2.05. The van der Waals surface area contributed by atoms with E-state index in [1.807, 2.05) is 6.92 Å². The van der Waals surface area contributed by atoms with Gasteiger partial charge in [0.1, 0.15) is 11.6 Å². The topological polar surface area (TPSA) is 0 Å². The molecule has 0 aliphatic carbocycles. The maximum atomic E-state index is 13.1. The SMILES string of the molecule is CCCc1cc(F)c(C)cc1F. The van der Waals surface area contributed by atoms with Crippen LogP contribution in [0.4, 0.5) is 8.78 Å². The maximum absolute atomic E-state index is 13.1. The molecule has 0 aliphatic rings. The van der Waals surface area contributed by atoms with E-state index in [4.69, 9.17) is 0 Å². The van der Waals surface area contributed by atoms with E-state index >= 15 is 0 Å². The van der Waals surface area contributed by atoms with Crippen molar-refractivity contribution in [2.75, 3.05) is 0 Å². The lowest BCUT2D eigenvalue weighted by Gasteiger charge is -2.03. The lowest BCUT2D eigenvalue weighted by molar-refractivity contribution is 0.577. The van der Waals surface area contributed by atoms with Gasteiger partial charge in [-0.15, -0.1) is 0 Å². The molecule has 1 aromatic rings. The third-order valence-corrected chi connectivity index (χ3v) is 1.85. The highest BCUT2D eigenvalue weighted by molar-refractivity contribution is 5.25. The molecule has 0 amide bonds. The van der Waals surface area contributed by atoms with Crippen molar-refractivity contribution in [3.05, 3.63) is 34.9 Å². The number of halogens is 2. The number of aryl methyl sites for hydroxylation is 2. The number of hydrogen-bond donors (Lipinski definition) is 0. The molecule has 0 atom stereocenters. The first-order valence-corrected chi connectivity index (χ1v) is 4.09. The van der Waals surface area contributed by atoms with Gasteiger partial charge in [0.25, 0.3) is 0 Å². The molecule has 0 bridgehead atoms. The fourth-order valence-corrected chi connectivity index (χ4v) is 1.15. The van der Waals surface area contributed by atoms with Crippen LogP contribution in [-0.4, -0.2) is 0 Å². The van der Waals surface area contributed by atoms with Gasteiger partial charge in [0, 0.05) is 0 Å². The second kappa shape index (κ2) is 3.65. The van der Waals surface area contributed by atoms with Crippen molar-refractivity contribution in [2.45, 2.75) is 26.7 Å². The molecule has 0 N–H and O–H groups in total. The van der Waals surface area contributed by atoms with E-state index in [1.54, 1.807) is 6.92 Å². The summed E-state index contributed by atoms with van der Waals surface area (Å²) in [6, 6.07) is 2.54. The van der Waals surface area contributed by atoms with E-state index in [-0.39, 0.29) is 11.6 Å². The van der Waals surface area contributed by atoms with Crippen molar-refractivity contribution in [3.63, 3.8) is 0 Å². The fraction of sp³-hybridized carbons (Fsp3) is 0.400. The van der Waals surface area contributed by atoms with Crippen molar-refractivity contribution in [3.8, 4) is 0 Å². The Morgan fingerprint density at radius 2 is 1.83 bits per heavy atom. The van der Waals surface area contributed by atoms with E-state index < -0.39 is 0 Å². The first kappa shape index (κ1) is 9.17. The van der Waals surface area contributed by atoms with Crippen LogP contribution in [0.25, 0.3) is 0 Å². The largest absolute Gasteiger partial charge is 0.207 e. The molecular formula is C10H12F2. The molecule has 0 aromatic heterocycles. The zero-order chi connectivity index (χ0) is 9.14. The molecule has 0 saturated heterocycles. The predicted octanol–water partition coefficient (Wildman–Crippen LogP) is 3.23. The second-order valence-corrected chi connectivity index (χ2v) is 2.94. The van der Waals surface area contributed by atoms with Crippen LogP contribution < -0.4 is 0 Å². The quantitative estimate of drug-likeness (QED) is 0.639. The smallest absolute Gasteiger partial charge is 0.126 e. The van der Waals surface area contributed by atoms with Gasteiger partial charge in [-0.3, -0.25) is 0 Å². The van der Waals surface area contributed by atoms with Gasteiger partial charge in [-0.25, -0.2) is 8.78 Å². The van der Waals surface area contributed by atoms with Gasteiger partial charge < -0.3 is 0 Å². The van der Waals surface area contributed by atoms with E-state index in [1.165, 1.54) is 12.1 Å². The number of hydrogen-bond acceptors (Lipinski definition) is 0. The minimum atomic E-state index is -0.320. The zero-order valence-electron chi connectivity index (χ0n) is 7.32. The molecule has 1 rings (SSSR count). The van der Waals surface area contributed by atoms with Gasteiger partial charge in [0.05, 0.1) is 0 Å². The van der Waals surface area contributed by atoms with Crippen LogP contribution in [0.1, 0.15) is 24.5 Å². The van der Waals surface area contributed by atoms with Crippen molar-refractivity contribution in [1.29, 1.82) is 0 Å². The molecule has 0 unspecified atom stereocenters. The van der Waals surface area contributed by atoms with E-state index in [0.717, 1.165) is 6.42 Å². The summed E-state index contributed by atoms with van der Waals surface area (Å²) in [6.07, 6.45) is 1.43. The summed E-state index contributed by atoms with van der Waals surface area (Å²) in [6.45, 7) is 3.51. The Morgan fingerprint density at radius 1 is 1.17 bits per heavy atom. The first-order chi connectivity index (χ1) is 5.65. The van der Waals surface area contributed by atoms with Gasteiger partial charge in [-0.05, 0) is 36.6 Å². The van der Waals surface area contributed by atoms with E-state index in [2.05, 4.69) is 0 Å². The van der Waals surface area contributed by atoms with Crippen molar-refractivity contribution in [2.24, 2.45) is 0 Å². The second-order valence-electron chi connectivity index (χ2n) is 2.94. The van der Waals surface area contributed by atoms with Gasteiger partial charge in [-0.2, -0.15) is 0 Å². The molecule has 0 saturated carbocycles. The van der Waals surface area contributed by atoms with Crippen LogP contribution in [0.3, 0.4) is 0 Å². The molecular weight excluding hydrogens is 158 g/mol. The van der Waals surface area contributed by atoms with Crippen molar-refractivity contribution < 1.29 is 8.78 Å².